The number of halogens is 1. The van der Waals surface area contributed by atoms with Crippen LogP contribution in [0, 0.1) is 6.92 Å². The van der Waals surface area contributed by atoms with Crippen LogP contribution in [-0.2, 0) is 0 Å². The molecule has 0 heterocycles. The van der Waals surface area contributed by atoms with Gasteiger partial charge in [0.2, 0.25) is 0 Å². The van der Waals surface area contributed by atoms with Crippen LogP contribution in [0.3, 0.4) is 0 Å². The Bertz CT molecular complexity index is 39.1. The Balaban J connectivity index is 2.83. The molecule has 0 rings (SSSR count). The minimum atomic E-state index is -0.780. The molecule has 1 N–H and O–H groups in total. The summed E-state index contributed by atoms with van der Waals surface area (Å²) in [7, 11) is 0. The fourth-order valence-electron chi connectivity index (χ4n) is 0.313. The van der Waals surface area contributed by atoms with Crippen molar-refractivity contribution in [2.45, 2.75) is 18.9 Å². The molecule has 0 aromatic carbocycles. The van der Waals surface area contributed by atoms with Crippen LogP contribution in [0.15, 0.2) is 0 Å². The third-order valence-corrected chi connectivity index (χ3v) is 0.715. The van der Waals surface area contributed by atoms with Crippen LogP contribution in [0.25, 0.3) is 0 Å². The summed E-state index contributed by atoms with van der Waals surface area (Å²) < 4.78 is 11.3. The van der Waals surface area contributed by atoms with Crippen LogP contribution in [0.5, 0.6) is 0 Å². The first kappa shape index (κ1) is 6.89. The van der Waals surface area contributed by atoms with E-state index in [0.29, 0.717) is 12.8 Å². The van der Waals surface area contributed by atoms with Crippen molar-refractivity contribution in [1.29, 1.82) is 0 Å². The van der Waals surface area contributed by atoms with Gasteiger partial charge in [0.05, 0.1) is 6.10 Å². The summed E-state index contributed by atoms with van der Waals surface area (Å²) in [6, 6.07) is 0. The van der Waals surface area contributed by atoms with E-state index in [4.69, 9.17) is 5.11 Å². The topological polar surface area (TPSA) is 20.2 Å². The van der Waals surface area contributed by atoms with Gasteiger partial charge in [0.1, 0.15) is 6.67 Å². The van der Waals surface area contributed by atoms with Crippen molar-refractivity contribution in [3.05, 3.63) is 6.92 Å². The molecule has 0 aliphatic carbocycles. The molecule has 0 aromatic rings. The van der Waals surface area contributed by atoms with Gasteiger partial charge in [-0.05, 0) is 6.42 Å². The van der Waals surface area contributed by atoms with E-state index in [1.165, 1.54) is 0 Å². The summed E-state index contributed by atoms with van der Waals surface area (Å²) >= 11 is 0. The molecule has 1 atom stereocenters. The molecule has 0 aliphatic heterocycles. The van der Waals surface area contributed by atoms with Crippen molar-refractivity contribution in [2.75, 3.05) is 6.67 Å². The smallest absolute Gasteiger partial charge is 0.115 e. The molecule has 0 spiro atoms. The van der Waals surface area contributed by atoms with E-state index in [0.717, 1.165) is 0 Å². The molecule has 0 saturated carbocycles. The summed E-state index contributed by atoms with van der Waals surface area (Å²) in [5, 5.41) is 8.44. The molecule has 1 nitrogen and oxygen atoms in total. The predicted octanol–water partition coefficient (Wildman–Crippen LogP) is 0.931. The predicted molar refractivity (Wildman–Crippen MR) is 26.6 cm³/mol. The van der Waals surface area contributed by atoms with E-state index in [9.17, 15) is 4.39 Å². The SMILES string of the molecule is [CH2]CCC(O)CF. The minimum absolute atomic E-state index is 0.469. The zero-order chi connectivity index (χ0) is 5.70. The van der Waals surface area contributed by atoms with Crippen LogP contribution in [0.2, 0.25) is 0 Å². The Morgan fingerprint density at radius 1 is 1.71 bits per heavy atom. The second-order valence-electron chi connectivity index (χ2n) is 1.45. The average molecular weight is 105 g/mol. The maximum atomic E-state index is 11.3. The number of aliphatic hydroxyl groups excluding tert-OH is 1. The monoisotopic (exact) mass is 105 g/mol. The highest BCUT2D eigenvalue weighted by atomic mass is 19.1. The third kappa shape index (κ3) is 3.73. The van der Waals surface area contributed by atoms with E-state index in [1.54, 1.807) is 0 Å². The van der Waals surface area contributed by atoms with Crippen molar-refractivity contribution in [3.8, 4) is 0 Å². The van der Waals surface area contributed by atoms with E-state index >= 15 is 0 Å². The van der Waals surface area contributed by atoms with Gasteiger partial charge >= 0.3 is 0 Å². The van der Waals surface area contributed by atoms with Crippen LogP contribution in [0.4, 0.5) is 4.39 Å². The number of rotatable bonds is 3. The van der Waals surface area contributed by atoms with Crippen LogP contribution in [-0.4, -0.2) is 17.9 Å². The van der Waals surface area contributed by atoms with E-state index in [1.807, 2.05) is 0 Å². The second kappa shape index (κ2) is 4.06. The highest BCUT2D eigenvalue weighted by Crippen LogP contribution is 1.94. The van der Waals surface area contributed by atoms with Gasteiger partial charge in [0.15, 0.2) is 0 Å². The largest absolute Gasteiger partial charge is 0.390 e. The highest BCUT2D eigenvalue weighted by Gasteiger charge is 1.97. The lowest BCUT2D eigenvalue weighted by molar-refractivity contribution is 0.132. The van der Waals surface area contributed by atoms with Crippen molar-refractivity contribution < 1.29 is 9.50 Å². The Hall–Kier alpha value is -0.110. The number of aliphatic hydroxyl groups is 1. The zero-order valence-electron chi connectivity index (χ0n) is 4.23. The first-order chi connectivity index (χ1) is 3.31. The third-order valence-electron chi connectivity index (χ3n) is 0.715. The molecule has 0 saturated heterocycles. The van der Waals surface area contributed by atoms with Gasteiger partial charge in [-0.15, -0.1) is 0 Å². The molecule has 1 unspecified atom stereocenters. The van der Waals surface area contributed by atoms with E-state index in [-0.39, 0.29) is 0 Å². The maximum Gasteiger partial charge on any atom is 0.115 e. The highest BCUT2D eigenvalue weighted by molar-refractivity contribution is 4.52. The molecule has 1 radical (unpaired) electrons. The van der Waals surface area contributed by atoms with Gasteiger partial charge in [-0.3, -0.25) is 0 Å². The Morgan fingerprint density at radius 2 is 2.29 bits per heavy atom. The molecular formula is C5H10FO. The zero-order valence-corrected chi connectivity index (χ0v) is 4.23. The van der Waals surface area contributed by atoms with E-state index < -0.39 is 12.8 Å². The molecule has 0 bridgehead atoms. The Labute approximate surface area is 43.2 Å². The summed E-state index contributed by atoms with van der Waals surface area (Å²) in [5.41, 5.74) is 0. The van der Waals surface area contributed by atoms with Gasteiger partial charge in [0.25, 0.3) is 0 Å². The molecule has 7 heavy (non-hydrogen) atoms. The van der Waals surface area contributed by atoms with Crippen LogP contribution < -0.4 is 0 Å². The molecule has 43 valence electrons. The molecule has 0 aliphatic rings. The lowest BCUT2D eigenvalue weighted by atomic mass is 10.2. The first-order valence-corrected chi connectivity index (χ1v) is 2.34. The van der Waals surface area contributed by atoms with Crippen LogP contribution >= 0.6 is 0 Å². The number of hydrogen-bond acceptors (Lipinski definition) is 1. The lowest BCUT2D eigenvalue weighted by Gasteiger charge is -1.99. The molecule has 0 aromatic heterocycles. The fourth-order valence-corrected chi connectivity index (χ4v) is 0.313. The van der Waals surface area contributed by atoms with Crippen molar-refractivity contribution in [1.82, 2.24) is 0 Å². The van der Waals surface area contributed by atoms with Gasteiger partial charge in [-0.25, -0.2) is 4.39 Å². The van der Waals surface area contributed by atoms with Gasteiger partial charge in [-0.2, -0.15) is 0 Å². The second-order valence-corrected chi connectivity index (χ2v) is 1.45. The van der Waals surface area contributed by atoms with Gasteiger partial charge in [-0.1, -0.05) is 13.3 Å². The normalized spacial score (nSPS) is 14.1. The summed E-state index contributed by atoms with van der Waals surface area (Å²) in [6.07, 6.45) is 0.291. The molecule has 0 amide bonds. The summed E-state index contributed by atoms with van der Waals surface area (Å²) in [6.45, 7) is 2.80. The molecule has 0 fully saturated rings. The average Bonchev–Trinajstić information content (AvgIpc) is 1.68. The number of hydrogen-bond donors (Lipinski definition) is 1. The van der Waals surface area contributed by atoms with Gasteiger partial charge < -0.3 is 5.11 Å². The van der Waals surface area contributed by atoms with E-state index in [2.05, 4.69) is 6.92 Å². The number of alkyl halides is 1. The molecule has 2 heteroatoms. The Kier molecular flexibility index (Phi) is 4.00. The minimum Gasteiger partial charge on any atom is -0.390 e. The molecular weight excluding hydrogens is 95.1 g/mol. The maximum absolute atomic E-state index is 11.3. The Morgan fingerprint density at radius 3 is 2.43 bits per heavy atom. The lowest BCUT2D eigenvalue weighted by Crippen LogP contribution is -2.06. The fraction of sp³-hybridized carbons (Fsp3) is 0.800. The quantitative estimate of drug-likeness (QED) is 0.566. The van der Waals surface area contributed by atoms with Crippen molar-refractivity contribution >= 4 is 0 Å². The first-order valence-electron chi connectivity index (χ1n) is 2.34. The van der Waals surface area contributed by atoms with Crippen molar-refractivity contribution in [2.24, 2.45) is 0 Å². The summed E-state index contributed by atoms with van der Waals surface area (Å²) in [5.74, 6) is 0. The standard InChI is InChI=1S/C5H10FO/c1-2-3-5(7)4-6/h5,7H,1-4H2. The summed E-state index contributed by atoms with van der Waals surface area (Å²) in [4.78, 5) is 0. The van der Waals surface area contributed by atoms with Gasteiger partial charge in [0, 0.05) is 0 Å². The van der Waals surface area contributed by atoms with Crippen molar-refractivity contribution in [3.63, 3.8) is 0 Å². The van der Waals surface area contributed by atoms with Crippen LogP contribution in [0.1, 0.15) is 12.8 Å².